The van der Waals surface area contributed by atoms with Crippen LogP contribution in [-0.2, 0) is 0 Å². The molecule has 0 aliphatic heterocycles. The first-order valence-corrected chi connectivity index (χ1v) is 18.9. The molecule has 0 aliphatic rings. The minimum Gasteiger partial charge on any atom is -0.455 e. The van der Waals surface area contributed by atoms with E-state index < -0.39 is 0 Å². The molecule has 0 radical (unpaired) electrons. The van der Waals surface area contributed by atoms with Gasteiger partial charge in [-0.25, -0.2) is 15.0 Å². The molecule has 0 amide bonds. The largest absolute Gasteiger partial charge is 0.455 e. The lowest BCUT2D eigenvalue weighted by molar-refractivity contribution is 0.672. The number of hydrogen-bond acceptors (Lipinski definition) is 4. The van der Waals surface area contributed by atoms with Crippen LogP contribution < -0.4 is 0 Å². The van der Waals surface area contributed by atoms with E-state index >= 15 is 0 Å². The van der Waals surface area contributed by atoms with Crippen molar-refractivity contribution in [1.82, 2.24) is 19.5 Å². The number of furan rings is 1. The molecule has 0 N–H and O–H groups in total. The van der Waals surface area contributed by atoms with Gasteiger partial charge in [-0.3, -0.25) is 0 Å². The van der Waals surface area contributed by atoms with Crippen LogP contribution >= 0.6 is 0 Å². The van der Waals surface area contributed by atoms with Gasteiger partial charge in [0.1, 0.15) is 11.2 Å². The van der Waals surface area contributed by atoms with Crippen molar-refractivity contribution in [3.8, 4) is 39.9 Å². The van der Waals surface area contributed by atoms with Gasteiger partial charge in [0.2, 0.25) is 0 Å². The molecule has 56 heavy (non-hydrogen) atoms. The van der Waals surface area contributed by atoms with Crippen LogP contribution in [0.1, 0.15) is 0 Å². The average molecular weight is 715 g/mol. The summed E-state index contributed by atoms with van der Waals surface area (Å²) >= 11 is 0. The molecule has 0 unspecified atom stereocenters. The molecule has 3 heterocycles. The molecule has 260 valence electrons. The van der Waals surface area contributed by atoms with Gasteiger partial charge in [-0.1, -0.05) is 133 Å². The monoisotopic (exact) mass is 714 g/mol. The van der Waals surface area contributed by atoms with Crippen LogP contribution in [0.5, 0.6) is 0 Å². The molecular formula is C51H30N4O. The fraction of sp³-hybridized carbons (Fsp3) is 0. The zero-order valence-corrected chi connectivity index (χ0v) is 30.0. The summed E-state index contributed by atoms with van der Waals surface area (Å²) in [7, 11) is 0. The Morgan fingerprint density at radius 2 is 1.05 bits per heavy atom. The van der Waals surface area contributed by atoms with Crippen LogP contribution in [0.4, 0.5) is 0 Å². The first kappa shape index (κ1) is 30.8. The van der Waals surface area contributed by atoms with Gasteiger partial charge in [-0.05, 0) is 75.5 Å². The van der Waals surface area contributed by atoms with Gasteiger partial charge in [0.15, 0.2) is 17.5 Å². The van der Waals surface area contributed by atoms with Crippen LogP contribution in [-0.4, -0.2) is 19.5 Å². The maximum absolute atomic E-state index is 6.64. The molecule has 9 aromatic carbocycles. The van der Waals surface area contributed by atoms with Crippen molar-refractivity contribution in [3.63, 3.8) is 0 Å². The van der Waals surface area contributed by atoms with E-state index in [4.69, 9.17) is 19.4 Å². The molecule has 0 aliphatic carbocycles. The van der Waals surface area contributed by atoms with E-state index in [1.54, 1.807) is 0 Å². The molecule has 12 rings (SSSR count). The Balaban J connectivity index is 1.18. The fourth-order valence-electron chi connectivity index (χ4n) is 8.60. The van der Waals surface area contributed by atoms with E-state index in [9.17, 15) is 0 Å². The van der Waals surface area contributed by atoms with Gasteiger partial charge < -0.3 is 8.98 Å². The number of nitrogens with zero attached hydrogens (tertiary/aromatic N) is 4. The third kappa shape index (κ3) is 4.64. The standard InChI is InChI=1S/C51H30N4O/c1-2-14-33(15-3-1)49-52-50(35-23-22-31-12-4-5-16-34(31)28-35)54-51(53-49)43-30-42-38-18-9-11-21-46(38)56-48(42)39-26-25-36(29-41(39)43)55-44-20-10-8-19-40(44)47-37-17-7-6-13-32(37)24-27-45(47)55/h1-30H. The minimum absolute atomic E-state index is 0.601. The summed E-state index contributed by atoms with van der Waals surface area (Å²) in [6.45, 7) is 0. The first-order valence-electron chi connectivity index (χ1n) is 18.9. The lowest BCUT2D eigenvalue weighted by Gasteiger charge is -2.14. The smallest absolute Gasteiger partial charge is 0.164 e. The van der Waals surface area contributed by atoms with Crippen LogP contribution in [0.2, 0.25) is 0 Å². The van der Waals surface area contributed by atoms with E-state index in [0.29, 0.717) is 17.5 Å². The van der Waals surface area contributed by atoms with Crippen LogP contribution in [0.3, 0.4) is 0 Å². The van der Waals surface area contributed by atoms with Crippen LogP contribution in [0.25, 0.3) is 116 Å². The van der Waals surface area contributed by atoms with E-state index in [-0.39, 0.29) is 0 Å². The Labute approximate surface area is 320 Å². The molecule has 12 aromatic rings. The van der Waals surface area contributed by atoms with Crippen molar-refractivity contribution in [3.05, 3.63) is 182 Å². The SMILES string of the molecule is c1ccc(-c2nc(-c3ccc4ccccc4c3)nc(-c3cc4c5ccccc5oc4c4ccc(-n5c6ccccc6c6c7ccccc7ccc65)cc34)n2)cc1. The third-order valence-electron chi connectivity index (χ3n) is 11.2. The van der Waals surface area contributed by atoms with Crippen molar-refractivity contribution in [2.24, 2.45) is 0 Å². The Bertz CT molecular complexity index is 3540. The van der Waals surface area contributed by atoms with Gasteiger partial charge in [0.25, 0.3) is 0 Å². The van der Waals surface area contributed by atoms with Gasteiger partial charge in [-0.15, -0.1) is 0 Å². The normalized spacial score (nSPS) is 11.9. The van der Waals surface area contributed by atoms with Gasteiger partial charge in [0, 0.05) is 49.3 Å². The fourth-order valence-corrected chi connectivity index (χ4v) is 8.60. The quantitative estimate of drug-likeness (QED) is 0.182. The molecule has 0 fully saturated rings. The van der Waals surface area contributed by atoms with Gasteiger partial charge in [-0.2, -0.15) is 0 Å². The van der Waals surface area contributed by atoms with Gasteiger partial charge >= 0.3 is 0 Å². The summed E-state index contributed by atoms with van der Waals surface area (Å²) in [6, 6.07) is 63.9. The molecule has 0 spiro atoms. The van der Waals surface area contributed by atoms with E-state index in [1.165, 1.54) is 26.9 Å². The number of hydrogen-bond donors (Lipinski definition) is 0. The summed E-state index contributed by atoms with van der Waals surface area (Å²) < 4.78 is 9.02. The van der Waals surface area contributed by atoms with Crippen LogP contribution in [0.15, 0.2) is 186 Å². The number of benzene rings is 9. The first-order chi connectivity index (χ1) is 27.7. The number of fused-ring (bicyclic) bond motifs is 11. The van der Waals surface area contributed by atoms with Crippen molar-refractivity contribution in [2.45, 2.75) is 0 Å². The van der Waals surface area contributed by atoms with Crippen molar-refractivity contribution in [1.29, 1.82) is 0 Å². The van der Waals surface area contributed by atoms with E-state index in [0.717, 1.165) is 71.5 Å². The molecule has 5 nitrogen and oxygen atoms in total. The maximum Gasteiger partial charge on any atom is 0.164 e. The summed E-state index contributed by atoms with van der Waals surface area (Å²) in [5, 5.41) is 11.3. The molecule has 3 aromatic heterocycles. The van der Waals surface area contributed by atoms with Crippen LogP contribution in [0, 0.1) is 0 Å². The summed E-state index contributed by atoms with van der Waals surface area (Å²) in [6.07, 6.45) is 0. The molecule has 5 heteroatoms. The average Bonchev–Trinajstić information content (AvgIpc) is 3.82. The highest BCUT2D eigenvalue weighted by Gasteiger charge is 2.21. The lowest BCUT2D eigenvalue weighted by atomic mass is 9.98. The Morgan fingerprint density at radius 3 is 1.93 bits per heavy atom. The summed E-state index contributed by atoms with van der Waals surface area (Å²) in [5.41, 5.74) is 7.80. The molecule has 0 bridgehead atoms. The van der Waals surface area contributed by atoms with E-state index in [2.05, 4.69) is 156 Å². The topological polar surface area (TPSA) is 56.7 Å². The van der Waals surface area contributed by atoms with Crippen molar-refractivity contribution < 1.29 is 4.42 Å². The second kappa shape index (κ2) is 11.9. The zero-order chi connectivity index (χ0) is 36.7. The predicted molar refractivity (Wildman–Crippen MR) is 230 cm³/mol. The predicted octanol–water partition coefficient (Wildman–Crippen LogP) is 13.3. The molecule has 0 atom stereocenters. The van der Waals surface area contributed by atoms with Gasteiger partial charge in [0.05, 0.1) is 11.0 Å². The zero-order valence-electron chi connectivity index (χ0n) is 30.0. The van der Waals surface area contributed by atoms with Crippen molar-refractivity contribution in [2.75, 3.05) is 0 Å². The lowest BCUT2D eigenvalue weighted by Crippen LogP contribution is -2.01. The highest BCUT2D eigenvalue weighted by molar-refractivity contribution is 6.22. The number of para-hydroxylation sites is 2. The third-order valence-corrected chi connectivity index (χ3v) is 11.2. The minimum atomic E-state index is 0.601. The Morgan fingerprint density at radius 1 is 0.375 bits per heavy atom. The Hall–Kier alpha value is -7.63. The Kier molecular flexibility index (Phi) is 6.56. The second-order valence-electron chi connectivity index (χ2n) is 14.4. The van der Waals surface area contributed by atoms with E-state index in [1.807, 2.05) is 30.3 Å². The molecular weight excluding hydrogens is 685 g/mol. The molecule has 0 saturated carbocycles. The highest BCUT2D eigenvalue weighted by atomic mass is 16.3. The number of aromatic nitrogens is 4. The molecule has 0 saturated heterocycles. The second-order valence-corrected chi connectivity index (χ2v) is 14.4. The summed E-state index contributed by atoms with van der Waals surface area (Å²) in [5.74, 6) is 1.84. The maximum atomic E-state index is 6.64. The van der Waals surface area contributed by atoms with Crippen molar-refractivity contribution >= 4 is 76.1 Å². The number of rotatable bonds is 4. The highest BCUT2D eigenvalue weighted by Crippen LogP contribution is 2.42. The summed E-state index contributed by atoms with van der Waals surface area (Å²) in [4.78, 5) is 15.6.